The molecule has 1 amide bonds. The van der Waals surface area contributed by atoms with E-state index < -0.39 is 5.91 Å². The zero-order valence-corrected chi connectivity index (χ0v) is 11.9. The van der Waals surface area contributed by atoms with Gasteiger partial charge in [-0.05, 0) is 19.3 Å². The summed E-state index contributed by atoms with van der Waals surface area (Å²) in [6.07, 6.45) is 0.530. The van der Waals surface area contributed by atoms with Crippen LogP contribution in [-0.4, -0.2) is 23.5 Å². The topological polar surface area (TPSA) is 91.2 Å². The molecule has 102 valence electrons. The normalized spacial score (nSPS) is 14.7. The minimum Gasteiger partial charge on any atom is -0.371 e. The number of carbonyl (C=O) groups is 1. The SMILES string of the molecule is CCOC(CC(N)C(C)C)c1nc(C(N)=O)cs1. The van der Waals surface area contributed by atoms with Crippen molar-refractivity contribution in [2.45, 2.75) is 39.3 Å². The quantitative estimate of drug-likeness (QED) is 0.789. The van der Waals surface area contributed by atoms with Gasteiger partial charge in [0.2, 0.25) is 0 Å². The molecule has 1 aromatic rings. The van der Waals surface area contributed by atoms with Crippen molar-refractivity contribution in [1.82, 2.24) is 4.98 Å². The fourth-order valence-corrected chi connectivity index (χ4v) is 2.38. The molecule has 0 radical (unpaired) electrons. The summed E-state index contributed by atoms with van der Waals surface area (Å²) in [5, 5.41) is 2.42. The van der Waals surface area contributed by atoms with Gasteiger partial charge in [-0.1, -0.05) is 13.8 Å². The second kappa shape index (κ2) is 6.82. The molecule has 0 aromatic carbocycles. The number of amides is 1. The molecule has 0 saturated heterocycles. The second-order valence-corrected chi connectivity index (χ2v) is 5.41. The van der Waals surface area contributed by atoms with Crippen molar-refractivity contribution < 1.29 is 9.53 Å². The number of ether oxygens (including phenoxy) is 1. The smallest absolute Gasteiger partial charge is 0.268 e. The fourth-order valence-electron chi connectivity index (χ4n) is 1.51. The van der Waals surface area contributed by atoms with Crippen LogP contribution in [0.15, 0.2) is 5.38 Å². The summed E-state index contributed by atoms with van der Waals surface area (Å²) in [7, 11) is 0. The van der Waals surface area contributed by atoms with Crippen LogP contribution in [0.5, 0.6) is 0 Å². The van der Waals surface area contributed by atoms with Crippen LogP contribution in [0.1, 0.15) is 48.8 Å². The Bertz CT molecular complexity index is 392. The standard InChI is InChI=1S/C12H21N3O2S/c1-4-17-10(5-8(13)7(2)3)12-15-9(6-18-12)11(14)16/h6-8,10H,4-5,13H2,1-3H3,(H2,14,16). The first-order valence-corrected chi connectivity index (χ1v) is 6.96. The molecule has 0 aliphatic rings. The van der Waals surface area contributed by atoms with Gasteiger partial charge in [0.1, 0.15) is 16.8 Å². The first-order chi connectivity index (χ1) is 8.45. The van der Waals surface area contributed by atoms with Crippen LogP contribution >= 0.6 is 11.3 Å². The van der Waals surface area contributed by atoms with E-state index in [2.05, 4.69) is 18.8 Å². The average Bonchev–Trinajstić information content (AvgIpc) is 2.77. The number of primary amides is 1. The van der Waals surface area contributed by atoms with Crippen molar-refractivity contribution in [3.05, 3.63) is 16.1 Å². The maximum atomic E-state index is 11.0. The third kappa shape index (κ3) is 4.04. The van der Waals surface area contributed by atoms with Gasteiger partial charge in [0, 0.05) is 18.0 Å². The molecule has 0 spiro atoms. The maximum absolute atomic E-state index is 11.0. The molecule has 2 atom stereocenters. The van der Waals surface area contributed by atoms with Crippen molar-refractivity contribution in [3.8, 4) is 0 Å². The Morgan fingerprint density at radius 3 is 2.67 bits per heavy atom. The summed E-state index contributed by atoms with van der Waals surface area (Å²) in [6.45, 7) is 6.66. The predicted molar refractivity (Wildman–Crippen MR) is 72.4 cm³/mol. The van der Waals surface area contributed by atoms with Crippen LogP contribution in [0.3, 0.4) is 0 Å². The third-order valence-electron chi connectivity index (χ3n) is 2.76. The second-order valence-electron chi connectivity index (χ2n) is 4.52. The number of aromatic nitrogens is 1. The van der Waals surface area contributed by atoms with E-state index in [1.54, 1.807) is 5.38 Å². The van der Waals surface area contributed by atoms with E-state index in [4.69, 9.17) is 16.2 Å². The van der Waals surface area contributed by atoms with Crippen LogP contribution in [0.2, 0.25) is 0 Å². The fraction of sp³-hybridized carbons (Fsp3) is 0.667. The van der Waals surface area contributed by atoms with E-state index >= 15 is 0 Å². The Morgan fingerprint density at radius 2 is 2.22 bits per heavy atom. The van der Waals surface area contributed by atoms with E-state index in [1.807, 2.05) is 6.92 Å². The third-order valence-corrected chi connectivity index (χ3v) is 3.70. The summed E-state index contributed by atoms with van der Waals surface area (Å²) >= 11 is 1.39. The molecule has 1 rings (SSSR count). The lowest BCUT2D eigenvalue weighted by Crippen LogP contribution is -2.29. The number of carbonyl (C=O) groups excluding carboxylic acids is 1. The molecule has 0 aliphatic heterocycles. The van der Waals surface area contributed by atoms with Gasteiger partial charge in [-0.15, -0.1) is 11.3 Å². The average molecular weight is 271 g/mol. The molecule has 0 aliphatic carbocycles. The number of nitrogens with two attached hydrogens (primary N) is 2. The summed E-state index contributed by atoms with van der Waals surface area (Å²) in [4.78, 5) is 15.2. The number of nitrogens with zero attached hydrogens (tertiary/aromatic N) is 1. The van der Waals surface area contributed by atoms with Crippen molar-refractivity contribution >= 4 is 17.2 Å². The monoisotopic (exact) mass is 271 g/mol. The van der Waals surface area contributed by atoms with Crippen molar-refractivity contribution in [3.63, 3.8) is 0 Å². The molecule has 18 heavy (non-hydrogen) atoms. The number of hydrogen-bond acceptors (Lipinski definition) is 5. The largest absolute Gasteiger partial charge is 0.371 e. The minimum absolute atomic E-state index is 0.0440. The molecule has 5 nitrogen and oxygen atoms in total. The van der Waals surface area contributed by atoms with E-state index in [0.29, 0.717) is 18.9 Å². The molecule has 1 aromatic heterocycles. The molecule has 6 heteroatoms. The van der Waals surface area contributed by atoms with Gasteiger partial charge >= 0.3 is 0 Å². The lowest BCUT2D eigenvalue weighted by Gasteiger charge is -2.21. The highest BCUT2D eigenvalue weighted by Gasteiger charge is 2.21. The van der Waals surface area contributed by atoms with E-state index in [1.165, 1.54) is 11.3 Å². The van der Waals surface area contributed by atoms with Crippen molar-refractivity contribution in [1.29, 1.82) is 0 Å². The molecular formula is C12H21N3O2S. The van der Waals surface area contributed by atoms with E-state index in [9.17, 15) is 4.79 Å². The summed E-state index contributed by atoms with van der Waals surface area (Å²) in [5.74, 6) is -0.135. The van der Waals surface area contributed by atoms with Gasteiger partial charge in [-0.3, -0.25) is 4.79 Å². The molecule has 1 heterocycles. The van der Waals surface area contributed by atoms with Crippen molar-refractivity contribution in [2.24, 2.45) is 17.4 Å². The molecule has 0 bridgehead atoms. The Hall–Kier alpha value is -0.980. The lowest BCUT2D eigenvalue weighted by molar-refractivity contribution is 0.0476. The van der Waals surface area contributed by atoms with E-state index in [0.717, 1.165) is 5.01 Å². The Morgan fingerprint density at radius 1 is 1.56 bits per heavy atom. The van der Waals surface area contributed by atoms with Crippen LogP contribution in [0.25, 0.3) is 0 Å². The first-order valence-electron chi connectivity index (χ1n) is 6.08. The van der Waals surface area contributed by atoms with Crippen LogP contribution < -0.4 is 11.5 Å². The van der Waals surface area contributed by atoms with E-state index in [-0.39, 0.29) is 17.8 Å². The van der Waals surface area contributed by atoms with Crippen LogP contribution in [0, 0.1) is 5.92 Å². The number of thiazole rings is 1. The Labute approximate surface area is 112 Å². The predicted octanol–water partition coefficient (Wildman–Crippen LogP) is 1.69. The number of hydrogen-bond donors (Lipinski definition) is 2. The highest BCUT2D eigenvalue weighted by Crippen LogP contribution is 2.27. The van der Waals surface area contributed by atoms with Gasteiger partial charge in [-0.25, -0.2) is 4.98 Å². The van der Waals surface area contributed by atoms with Gasteiger partial charge < -0.3 is 16.2 Å². The summed E-state index contributed by atoms with van der Waals surface area (Å²) in [6, 6.07) is 0.0440. The van der Waals surface area contributed by atoms with Gasteiger partial charge in [-0.2, -0.15) is 0 Å². The summed E-state index contributed by atoms with van der Waals surface area (Å²) in [5.41, 5.74) is 11.5. The lowest BCUT2D eigenvalue weighted by atomic mass is 9.99. The number of rotatable bonds is 7. The highest BCUT2D eigenvalue weighted by molar-refractivity contribution is 7.09. The minimum atomic E-state index is -0.513. The summed E-state index contributed by atoms with van der Waals surface area (Å²) < 4.78 is 5.66. The zero-order chi connectivity index (χ0) is 13.7. The molecular weight excluding hydrogens is 250 g/mol. The first kappa shape index (κ1) is 15.1. The van der Waals surface area contributed by atoms with Crippen LogP contribution in [-0.2, 0) is 4.74 Å². The van der Waals surface area contributed by atoms with Crippen molar-refractivity contribution in [2.75, 3.05) is 6.61 Å². The Balaban J connectivity index is 2.79. The maximum Gasteiger partial charge on any atom is 0.268 e. The van der Waals surface area contributed by atoms with Crippen LogP contribution in [0.4, 0.5) is 0 Å². The Kier molecular flexibility index (Phi) is 5.71. The van der Waals surface area contributed by atoms with Gasteiger partial charge in [0.15, 0.2) is 0 Å². The molecule has 2 unspecified atom stereocenters. The zero-order valence-electron chi connectivity index (χ0n) is 11.1. The molecule has 4 N–H and O–H groups in total. The molecule has 0 fully saturated rings. The highest BCUT2D eigenvalue weighted by atomic mass is 32.1. The molecule has 0 saturated carbocycles. The van der Waals surface area contributed by atoms with Gasteiger partial charge in [0.25, 0.3) is 5.91 Å². The van der Waals surface area contributed by atoms with Gasteiger partial charge in [0.05, 0.1) is 0 Å².